The van der Waals surface area contributed by atoms with Crippen LogP contribution in [-0.4, -0.2) is 32.4 Å². The molecule has 0 atom stereocenters. The highest BCUT2D eigenvalue weighted by molar-refractivity contribution is 6.32. The van der Waals surface area contributed by atoms with Crippen molar-refractivity contribution in [1.82, 2.24) is 18.7 Å². The molecular formula is C21H18ClFN4O3. The number of methoxy groups -OCH3 is 1. The van der Waals surface area contributed by atoms with Crippen LogP contribution in [0.5, 0.6) is 0 Å². The first kappa shape index (κ1) is 20.1. The van der Waals surface area contributed by atoms with Crippen LogP contribution in [0.3, 0.4) is 0 Å². The minimum absolute atomic E-state index is 0.0797. The second kappa shape index (κ2) is 8.25. The Hall–Kier alpha value is -3.23. The summed E-state index contributed by atoms with van der Waals surface area (Å²) in [4.78, 5) is 30.7. The highest BCUT2D eigenvalue weighted by Gasteiger charge is 2.20. The summed E-state index contributed by atoms with van der Waals surface area (Å²) < 4.78 is 22.4. The molecule has 2 aromatic heterocycles. The van der Waals surface area contributed by atoms with E-state index in [1.54, 1.807) is 41.0 Å². The molecule has 0 saturated carbocycles. The molecule has 4 aromatic rings. The van der Waals surface area contributed by atoms with Crippen LogP contribution < -0.4 is 11.2 Å². The first-order valence-electron chi connectivity index (χ1n) is 9.20. The highest BCUT2D eigenvalue weighted by Crippen LogP contribution is 2.21. The highest BCUT2D eigenvalue weighted by atomic mass is 35.5. The molecule has 7 nitrogen and oxygen atoms in total. The van der Waals surface area contributed by atoms with Gasteiger partial charge in [0.05, 0.1) is 30.2 Å². The van der Waals surface area contributed by atoms with E-state index in [4.69, 9.17) is 16.3 Å². The largest absolute Gasteiger partial charge is 0.383 e. The Morgan fingerprint density at radius 2 is 1.83 bits per heavy atom. The van der Waals surface area contributed by atoms with E-state index in [1.807, 2.05) is 0 Å². The fraction of sp³-hybridized carbons (Fsp3) is 0.190. The number of para-hydroxylation sites is 1. The number of hydrogen-bond donors (Lipinski definition) is 0. The van der Waals surface area contributed by atoms with Crippen molar-refractivity contribution in [2.24, 2.45) is 0 Å². The van der Waals surface area contributed by atoms with Gasteiger partial charge in [0.2, 0.25) is 0 Å². The maximum Gasteiger partial charge on any atom is 0.337 e. The Morgan fingerprint density at radius 3 is 2.53 bits per heavy atom. The lowest BCUT2D eigenvalue weighted by Crippen LogP contribution is -2.41. The van der Waals surface area contributed by atoms with Gasteiger partial charge in [-0.15, -0.1) is 0 Å². The van der Waals surface area contributed by atoms with Crippen LogP contribution in [-0.2, 0) is 17.8 Å². The van der Waals surface area contributed by atoms with E-state index in [-0.39, 0.29) is 36.7 Å². The molecule has 0 spiro atoms. The third-order valence-corrected chi connectivity index (χ3v) is 5.10. The summed E-state index contributed by atoms with van der Waals surface area (Å²) in [5, 5.41) is 0.353. The number of fused-ring (bicyclic) bond motifs is 1. The van der Waals surface area contributed by atoms with Gasteiger partial charge >= 0.3 is 5.69 Å². The van der Waals surface area contributed by atoms with Gasteiger partial charge in [0.25, 0.3) is 5.56 Å². The Morgan fingerprint density at radius 1 is 1.10 bits per heavy atom. The van der Waals surface area contributed by atoms with Gasteiger partial charge in [-0.05, 0) is 29.8 Å². The second-order valence-corrected chi connectivity index (χ2v) is 7.10. The number of benzene rings is 2. The molecule has 0 unspecified atom stereocenters. The summed E-state index contributed by atoms with van der Waals surface area (Å²) in [5.41, 5.74) is 0.630. The number of rotatable bonds is 6. The molecule has 0 bridgehead atoms. The monoisotopic (exact) mass is 428 g/mol. The molecule has 0 aliphatic carbocycles. The van der Waals surface area contributed by atoms with Crippen molar-refractivity contribution >= 4 is 22.8 Å². The van der Waals surface area contributed by atoms with Gasteiger partial charge in [0, 0.05) is 13.7 Å². The van der Waals surface area contributed by atoms with Gasteiger partial charge in [-0.2, -0.15) is 0 Å². The van der Waals surface area contributed by atoms with Crippen LogP contribution in [0.15, 0.2) is 64.4 Å². The minimum Gasteiger partial charge on any atom is -0.383 e. The molecule has 154 valence electrons. The van der Waals surface area contributed by atoms with Crippen LogP contribution in [0.25, 0.3) is 16.9 Å². The normalized spacial score (nSPS) is 11.3. The van der Waals surface area contributed by atoms with Crippen molar-refractivity contribution in [2.45, 2.75) is 13.1 Å². The van der Waals surface area contributed by atoms with Gasteiger partial charge in [-0.1, -0.05) is 35.9 Å². The van der Waals surface area contributed by atoms with E-state index in [2.05, 4.69) is 4.98 Å². The number of hydrogen-bond acceptors (Lipinski definition) is 4. The summed E-state index contributed by atoms with van der Waals surface area (Å²) in [6.45, 7) is 0.558. The molecule has 0 saturated heterocycles. The van der Waals surface area contributed by atoms with Crippen LogP contribution in [0.1, 0.15) is 5.56 Å². The maximum atomic E-state index is 13.2. The molecule has 4 rings (SSSR count). The number of halogens is 2. The Labute approximate surface area is 175 Å². The van der Waals surface area contributed by atoms with E-state index >= 15 is 0 Å². The molecule has 0 fully saturated rings. The van der Waals surface area contributed by atoms with Crippen molar-refractivity contribution in [2.75, 3.05) is 13.7 Å². The van der Waals surface area contributed by atoms with Crippen molar-refractivity contribution in [3.63, 3.8) is 0 Å². The first-order chi connectivity index (χ1) is 14.5. The van der Waals surface area contributed by atoms with E-state index in [1.165, 1.54) is 30.1 Å². The number of imidazole rings is 1. The van der Waals surface area contributed by atoms with Crippen molar-refractivity contribution in [3.8, 4) is 5.69 Å². The lowest BCUT2D eigenvalue weighted by Gasteiger charge is -2.13. The van der Waals surface area contributed by atoms with E-state index in [0.29, 0.717) is 10.7 Å². The summed E-state index contributed by atoms with van der Waals surface area (Å²) in [6, 6.07) is 12.8. The molecule has 9 heteroatoms. The SMILES string of the molecule is COCCn1c(=O)c2c(ncn2Cc2ccc(F)cc2)n(-c2ccccc2Cl)c1=O. The topological polar surface area (TPSA) is 71.1 Å². The van der Waals surface area contributed by atoms with E-state index in [0.717, 1.165) is 10.1 Å². The Bertz CT molecular complexity index is 1330. The zero-order chi connectivity index (χ0) is 21.3. The fourth-order valence-electron chi connectivity index (χ4n) is 3.32. The van der Waals surface area contributed by atoms with Crippen LogP contribution in [0, 0.1) is 5.82 Å². The van der Waals surface area contributed by atoms with Crippen molar-refractivity contribution in [3.05, 3.63) is 92.1 Å². The van der Waals surface area contributed by atoms with Crippen LogP contribution >= 0.6 is 11.6 Å². The summed E-state index contributed by atoms with van der Waals surface area (Å²) in [7, 11) is 1.49. The molecule has 0 N–H and O–H groups in total. The lowest BCUT2D eigenvalue weighted by atomic mass is 10.2. The van der Waals surface area contributed by atoms with Gasteiger partial charge < -0.3 is 9.30 Å². The molecular weight excluding hydrogens is 411 g/mol. The minimum atomic E-state index is -0.551. The molecule has 2 heterocycles. The maximum absolute atomic E-state index is 13.2. The smallest absolute Gasteiger partial charge is 0.337 e. The van der Waals surface area contributed by atoms with Gasteiger partial charge in [0.1, 0.15) is 5.82 Å². The summed E-state index contributed by atoms with van der Waals surface area (Å²) >= 11 is 6.34. The average molecular weight is 429 g/mol. The van der Waals surface area contributed by atoms with Gasteiger partial charge in [-0.3, -0.25) is 9.36 Å². The molecule has 0 amide bonds. The molecule has 0 aliphatic heterocycles. The fourth-order valence-corrected chi connectivity index (χ4v) is 3.54. The Balaban J connectivity index is 1.98. The third-order valence-electron chi connectivity index (χ3n) is 4.78. The standard InChI is InChI=1S/C21H18ClFN4O3/c1-30-11-10-26-20(28)18-19(27(21(26)29)17-5-3-2-4-16(17)22)24-13-25(18)12-14-6-8-15(23)9-7-14/h2-9,13H,10-12H2,1H3. The van der Waals surface area contributed by atoms with Crippen molar-refractivity contribution in [1.29, 1.82) is 0 Å². The second-order valence-electron chi connectivity index (χ2n) is 6.69. The first-order valence-corrected chi connectivity index (χ1v) is 9.58. The van der Waals surface area contributed by atoms with Crippen molar-refractivity contribution < 1.29 is 9.13 Å². The third kappa shape index (κ3) is 3.55. The predicted molar refractivity (Wildman–Crippen MR) is 112 cm³/mol. The van der Waals surface area contributed by atoms with E-state index in [9.17, 15) is 14.0 Å². The number of ether oxygens (including phenoxy) is 1. The van der Waals surface area contributed by atoms with Gasteiger partial charge in [0.15, 0.2) is 11.2 Å². The Kier molecular flexibility index (Phi) is 5.52. The average Bonchev–Trinajstić information content (AvgIpc) is 3.14. The lowest BCUT2D eigenvalue weighted by molar-refractivity contribution is 0.184. The molecule has 0 radical (unpaired) electrons. The quantitative estimate of drug-likeness (QED) is 0.473. The number of nitrogens with zero attached hydrogens (tertiary/aromatic N) is 4. The van der Waals surface area contributed by atoms with Crippen LogP contribution in [0.4, 0.5) is 4.39 Å². The summed E-state index contributed by atoms with van der Waals surface area (Å²) in [5.74, 6) is -0.344. The summed E-state index contributed by atoms with van der Waals surface area (Å²) in [6.07, 6.45) is 1.49. The zero-order valence-electron chi connectivity index (χ0n) is 16.1. The number of aromatic nitrogens is 4. The zero-order valence-corrected chi connectivity index (χ0v) is 16.8. The predicted octanol–water partition coefficient (Wildman–Crippen LogP) is 2.84. The molecule has 0 aliphatic rings. The molecule has 30 heavy (non-hydrogen) atoms. The van der Waals surface area contributed by atoms with E-state index < -0.39 is 11.2 Å². The van der Waals surface area contributed by atoms with Gasteiger partial charge in [-0.25, -0.2) is 18.7 Å². The van der Waals surface area contributed by atoms with Crippen LogP contribution in [0.2, 0.25) is 5.02 Å². The molecule has 2 aromatic carbocycles.